The number of fused-ring (bicyclic) bond motifs is 1. The van der Waals surface area contributed by atoms with E-state index in [1.165, 1.54) is 0 Å². The van der Waals surface area contributed by atoms with Gasteiger partial charge in [0.2, 0.25) is 5.91 Å². The molecule has 1 amide bonds. The zero-order valence-corrected chi connectivity index (χ0v) is 17.2. The highest BCUT2D eigenvalue weighted by Crippen LogP contribution is 2.33. The SMILES string of the molecule is COCC(=O)N1CCC(c2cc3c(ncn3C(C)C)c(-c3cccnc3)n2)CC1. The second kappa shape index (κ2) is 8.29. The van der Waals surface area contributed by atoms with E-state index in [1.54, 1.807) is 13.3 Å². The summed E-state index contributed by atoms with van der Waals surface area (Å²) in [6.45, 7) is 5.93. The second-order valence-electron chi connectivity index (χ2n) is 7.84. The lowest BCUT2D eigenvalue weighted by atomic mass is 9.92. The number of piperidine rings is 1. The molecule has 3 aromatic heterocycles. The lowest BCUT2D eigenvalue weighted by molar-refractivity contribution is -0.136. The molecule has 0 atom stereocenters. The monoisotopic (exact) mass is 393 g/mol. The summed E-state index contributed by atoms with van der Waals surface area (Å²) in [4.78, 5) is 28.0. The van der Waals surface area contributed by atoms with E-state index >= 15 is 0 Å². The van der Waals surface area contributed by atoms with Crippen molar-refractivity contribution >= 4 is 16.9 Å². The van der Waals surface area contributed by atoms with E-state index in [0.717, 1.165) is 53.9 Å². The number of methoxy groups -OCH3 is 1. The average molecular weight is 393 g/mol. The summed E-state index contributed by atoms with van der Waals surface area (Å²) in [5, 5.41) is 0. The molecule has 0 aliphatic carbocycles. The zero-order chi connectivity index (χ0) is 20.4. The van der Waals surface area contributed by atoms with Crippen LogP contribution >= 0.6 is 0 Å². The number of likely N-dealkylation sites (tertiary alicyclic amines) is 1. The Kier molecular flexibility index (Phi) is 5.58. The van der Waals surface area contributed by atoms with Crippen LogP contribution in [0, 0.1) is 0 Å². The largest absolute Gasteiger partial charge is 0.375 e. The van der Waals surface area contributed by atoms with Gasteiger partial charge in [-0.1, -0.05) is 0 Å². The van der Waals surface area contributed by atoms with E-state index in [2.05, 4.69) is 34.4 Å². The molecule has 1 aliphatic rings. The van der Waals surface area contributed by atoms with Crippen molar-refractivity contribution in [3.05, 3.63) is 42.6 Å². The van der Waals surface area contributed by atoms with E-state index < -0.39 is 0 Å². The first-order valence-electron chi connectivity index (χ1n) is 10.1. The van der Waals surface area contributed by atoms with Crippen molar-refractivity contribution in [3.8, 4) is 11.3 Å². The molecule has 0 N–H and O–H groups in total. The van der Waals surface area contributed by atoms with Crippen molar-refractivity contribution in [2.45, 2.75) is 38.6 Å². The highest BCUT2D eigenvalue weighted by Gasteiger charge is 2.26. The number of rotatable bonds is 5. The van der Waals surface area contributed by atoms with E-state index in [1.807, 2.05) is 29.6 Å². The molecule has 1 aliphatic heterocycles. The first-order valence-corrected chi connectivity index (χ1v) is 10.1. The minimum atomic E-state index is 0.0586. The van der Waals surface area contributed by atoms with Gasteiger partial charge in [0.05, 0.1) is 17.5 Å². The minimum absolute atomic E-state index is 0.0586. The Morgan fingerprint density at radius 1 is 1.31 bits per heavy atom. The second-order valence-corrected chi connectivity index (χ2v) is 7.84. The van der Waals surface area contributed by atoms with Crippen molar-refractivity contribution in [3.63, 3.8) is 0 Å². The van der Waals surface area contributed by atoms with Gasteiger partial charge in [0, 0.05) is 55.8 Å². The Balaban J connectivity index is 1.70. The first-order chi connectivity index (χ1) is 14.1. The van der Waals surface area contributed by atoms with E-state index in [9.17, 15) is 4.79 Å². The van der Waals surface area contributed by atoms with Crippen LogP contribution in [0.5, 0.6) is 0 Å². The van der Waals surface area contributed by atoms with Crippen LogP contribution in [-0.4, -0.2) is 57.1 Å². The van der Waals surface area contributed by atoms with Gasteiger partial charge < -0.3 is 14.2 Å². The Bertz CT molecular complexity index is 991. The van der Waals surface area contributed by atoms with Crippen LogP contribution in [0.4, 0.5) is 0 Å². The number of hydrogen-bond donors (Lipinski definition) is 0. The number of pyridine rings is 2. The van der Waals surface area contributed by atoms with Gasteiger partial charge in [-0.25, -0.2) is 4.98 Å². The van der Waals surface area contributed by atoms with Crippen LogP contribution in [0.3, 0.4) is 0 Å². The molecule has 0 saturated carbocycles. The third-order valence-corrected chi connectivity index (χ3v) is 5.61. The van der Waals surface area contributed by atoms with Crippen LogP contribution in [0.25, 0.3) is 22.3 Å². The van der Waals surface area contributed by atoms with Crippen molar-refractivity contribution in [2.24, 2.45) is 0 Å². The minimum Gasteiger partial charge on any atom is -0.375 e. The van der Waals surface area contributed by atoms with Gasteiger partial charge in [-0.05, 0) is 44.9 Å². The van der Waals surface area contributed by atoms with Crippen LogP contribution in [0.1, 0.15) is 44.3 Å². The predicted octanol–water partition coefficient (Wildman–Crippen LogP) is 3.43. The third-order valence-electron chi connectivity index (χ3n) is 5.61. The maximum atomic E-state index is 12.1. The van der Waals surface area contributed by atoms with Crippen molar-refractivity contribution in [2.75, 3.05) is 26.8 Å². The molecule has 4 rings (SSSR count). The number of imidazole rings is 1. The molecule has 0 spiro atoms. The Morgan fingerprint density at radius 3 is 2.76 bits per heavy atom. The van der Waals surface area contributed by atoms with Gasteiger partial charge in [-0.15, -0.1) is 0 Å². The maximum Gasteiger partial charge on any atom is 0.248 e. The quantitative estimate of drug-likeness (QED) is 0.664. The highest BCUT2D eigenvalue weighted by atomic mass is 16.5. The summed E-state index contributed by atoms with van der Waals surface area (Å²) in [7, 11) is 1.56. The number of carbonyl (C=O) groups is 1. The van der Waals surface area contributed by atoms with Crippen LogP contribution in [-0.2, 0) is 9.53 Å². The molecule has 3 aromatic rings. The molecular formula is C22H27N5O2. The molecular weight excluding hydrogens is 366 g/mol. The molecule has 0 bridgehead atoms. The van der Waals surface area contributed by atoms with Gasteiger partial charge in [0.25, 0.3) is 0 Å². The smallest absolute Gasteiger partial charge is 0.248 e. The third kappa shape index (κ3) is 3.87. The molecule has 1 saturated heterocycles. The van der Waals surface area contributed by atoms with Crippen LogP contribution < -0.4 is 0 Å². The first kappa shape index (κ1) is 19.5. The fourth-order valence-electron chi connectivity index (χ4n) is 4.01. The molecule has 0 radical (unpaired) electrons. The van der Waals surface area contributed by atoms with Gasteiger partial charge in [0.1, 0.15) is 12.1 Å². The fourth-order valence-corrected chi connectivity index (χ4v) is 4.01. The number of nitrogens with zero attached hydrogens (tertiary/aromatic N) is 5. The Labute approximate surface area is 170 Å². The number of hydrogen-bond acceptors (Lipinski definition) is 5. The summed E-state index contributed by atoms with van der Waals surface area (Å²) in [5.74, 6) is 0.375. The highest BCUT2D eigenvalue weighted by molar-refractivity contribution is 5.90. The molecule has 7 nitrogen and oxygen atoms in total. The topological polar surface area (TPSA) is 73.1 Å². The molecule has 7 heteroatoms. The standard InChI is InChI=1S/C22H27N5O2/c1-15(2)27-14-24-22-19(27)11-18(25-21(22)17-5-4-8-23-12-17)16-6-9-26(10-7-16)20(28)13-29-3/h4-5,8,11-12,14-16H,6-7,9-10,13H2,1-3H3. The molecule has 152 valence electrons. The summed E-state index contributed by atoms with van der Waals surface area (Å²) >= 11 is 0. The van der Waals surface area contributed by atoms with Gasteiger partial charge in [-0.3, -0.25) is 14.8 Å². The van der Waals surface area contributed by atoms with Crippen molar-refractivity contribution < 1.29 is 9.53 Å². The van der Waals surface area contributed by atoms with Crippen LogP contribution in [0.15, 0.2) is 36.9 Å². The Hall–Kier alpha value is -2.80. The number of aromatic nitrogens is 4. The lowest BCUT2D eigenvalue weighted by Gasteiger charge is -2.31. The van der Waals surface area contributed by atoms with Crippen molar-refractivity contribution in [1.82, 2.24) is 24.4 Å². The number of ether oxygens (including phenoxy) is 1. The number of carbonyl (C=O) groups excluding carboxylic acids is 1. The Morgan fingerprint density at radius 2 is 2.10 bits per heavy atom. The average Bonchev–Trinajstić information content (AvgIpc) is 3.18. The summed E-state index contributed by atoms with van der Waals surface area (Å²) in [6, 6.07) is 6.44. The number of amides is 1. The van der Waals surface area contributed by atoms with E-state index in [4.69, 9.17) is 9.72 Å². The van der Waals surface area contributed by atoms with E-state index in [0.29, 0.717) is 12.0 Å². The van der Waals surface area contributed by atoms with E-state index in [-0.39, 0.29) is 12.5 Å². The van der Waals surface area contributed by atoms with Crippen molar-refractivity contribution in [1.29, 1.82) is 0 Å². The van der Waals surface area contributed by atoms with Gasteiger partial charge in [-0.2, -0.15) is 0 Å². The molecule has 0 aromatic carbocycles. The lowest BCUT2D eigenvalue weighted by Crippen LogP contribution is -2.39. The summed E-state index contributed by atoms with van der Waals surface area (Å²) in [6.07, 6.45) is 7.30. The zero-order valence-electron chi connectivity index (χ0n) is 17.2. The van der Waals surface area contributed by atoms with Crippen LogP contribution in [0.2, 0.25) is 0 Å². The molecule has 4 heterocycles. The normalized spacial score (nSPS) is 15.4. The predicted molar refractivity (Wildman–Crippen MR) is 112 cm³/mol. The maximum absolute atomic E-state index is 12.1. The fraction of sp³-hybridized carbons (Fsp3) is 0.455. The molecule has 0 unspecified atom stereocenters. The van der Waals surface area contributed by atoms with Gasteiger partial charge >= 0.3 is 0 Å². The van der Waals surface area contributed by atoms with Gasteiger partial charge in [0.15, 0.2) is 0 Å². The summed E-state index contributed by atoms with van der Waals surface area (Å²) < 4.78 is 7.18. The molecule has 1 fully saturated rings. The summed E-state index contributed by atoms with van der Waals surface area (Å²) in [5.41, 5.74) is 4.92. The molecule has 29 heavy (non-hydrogen) atoms.